The molecule has 6 heterocycles. The molecular weight excluding hydrogens is 666 g/mol. The minimum atomic E-state index is -4.19. The molecule has 44 heavy (non-hydrogen) atoms. The Morgan fingerprint density at radius 3 is 2.66 bits per heavy atom. The molecule has 3 unspecified atom stereocenters. The van der Waals surface area contributed by atoms with Gasteiger partial charge in [-0.2, -0.15) is 4.98 Å². The molecule has 0 amide bonds. The number of H-pyrrole nitrogens is 1. The van der Waals surface area contributed by atoms with Crippen LogP contribution in [-0.2, 0) is 39.4 Å². The Kier molecular flexibility index (Phi) is 8.69. The van der Waals surface area contributed by atoms with E-state index in [1.807, 2.05) is 0 Å². The number of nitrogens with one attached hydrogen (secondary N) is 1. The number of nitrogens with zero attached hydrogens (tertiary/aromatic N) is 7. The third-order valence-corrected chi connectivity index (χ3v) is 9.27. The molecule has 4 aromatic rings. The summed E-state index contributed by atoms with van der Waals surface area (Å²) < 4.78 is 43.3. The molecule has 2 aliphatic rings. The van der Waals surface area contributed by atoms with Crippen LogP contribution in [0.15, 0.2) is 23.8 Å². The van der Waals surface area contributed by atoms with Crippen molar-refractivity contribution in [3.8, 4) is 0 Å². The molecule has 20 nitrogen and oxygen atoms in total. The van der Waals surface area contributed by atoms with Crippen molar-refractivity contribution in [1.82, 2.24) is 39.0 Å². The highest BCUT2D eigenvalue weighted by molar-refractivity contribution is 8.39. The Hall–Kier alpha value is -2.72. The third kappa shape index (κ3) is 5.96. The van der Waals surface area contributed by atoms with Gasteiger partial charge in [0.25, 0.3) is 5.56 Å². The molecule has 0 saturated carbocycles. The van der Waals surface area contributed by atoms with Gasteiger partial charge in [-0.1, -0.05) is 0 Å². The number of hydrogen-bond acceptors (Lipinski definition) is 17. The minimum Gasteiger partial charge on any atom is -0.394 e. The number of hydrogen-bond donors (Lipinski definition) is 7. The average Bonchev–Trinajstić information content (AvgIpc) is 3.73. The number of fused-ring (bicyclic) bond motifs is 2. The van der Waals surface area contributed by atoms with Gasteiger partial charge in [-0.05, 0) is 16.4 Å². The predicted molar refractivity (Wildman–Crippen MR) is 157 cm³/mol. The summed E-state index contributed by atoms with van der Waals surface area (Å²) in [6, 6.07) is 0. The molecule has 0 aliphatic carbocycles. The summed E-state index contributed by atoms with van der Waals surface area (Å²) in [7, 11) is -2.36. The fraction of sp³-hybridized carbons (Fsp3) is 0.500. The fourth-order valence-electron chi connectivity index (χ4n) is 5.02. The van der Waals surface area contributed by atoms with Crippen LogP contribution in [0.2, 0.25) is 0 Å². The smallest absolute Gasteiger partial charge is 0.394 e. The van der Waals surface area contributed by atoms with E-state index in [1.165, 1.54) is 23.5 Å². The second-order valence-electron chi connectivity index (χ2n) is 9.68. The van der Waals surface area contributed by atoms with Crippen molar-refractivity contribution in [3.63, 3.8) is 0 Å². The Labute approximate surface area is 257 Å². The number of anilines is 2. The molecule has 6 rings (SSSR count). The number of rotatable bonds is 10. The van der Waals surface area contributed by atoms with Gasteiger partial charge in [0.1, 0.15) is 60.8 Å². The lowest BCUT2D eigenvalue weighted by atomic mass is 10.1. The number of aliphatic hydroxyl groups excluding tert-OH is 2. The van der Waals surface area contributed by atoms with Crippen molar-refractivity contribution < 1.29 is 42.7 Å². The summed E-state index contributed by atoms with van der Waals surface area (Å²) in [5.41, 5.74) is 11.6. The van der Waals surface area contributed by atoms with Gasteiger partial charge < -0.3 is 40.6 Å². The second-order valence-corrected chi connectivity index (χ2v) is 14.1. The summed E-state index contributed by atoms with van der Waals surface area (Å²) in [4.78, 5) is 46.0. The number of aromatic nitrogens is 8. The molecule has 0 spiro atoms. The van der Waals surface area contributed by atoms with Crippen LogP contribution in [0.25, 0.3) is 22.3 Å². The quantitative estimate of drug-likeness (QED) is 0.0795. The molecule has 0 aromatic carbocycles. The van der Waals surface area contributed by atoms with Crippen molar-refractivity contribution >= 4 is 72.1 Å². The number of nitrogen functional groups attached to an aromatic ring is 2. The zero-order valence-electron chi connectivity index (χ0n) is 22.1. The van der Waals surface area contributed by atoms with E-state index in [1.54, 1.807) is 4.57 Å². The first-order valence-corrected chi connectivity index (χ1v) is 17.6. The molecule has 236 valence electrons. The van der Waals surface area contributed by atoms with Crippen LogP contribution in [0.1, 0.15) is 18.9 Å². The summed E-state index contributed by atoms with van der Waals surface area (Å²) in [6.45, 7) is -5.20. The van der Waals surface area contributed by atoms with Crippen LogP contribution in [-0.4, -0.2) is 97.9 Å². The molecule has 8 N–H and O–H groups in total. The SMILES string of the molecule is Nc1nc2c(ncn2[C@@H]2O[C@H](CO)C(O)[C@@H]2OP(O)(=S)OC[C@H]2O[C@@H](n3cnc4c(N)ncnc43)C[C@H]2O[P+](=O)S)c(=O)[nH]1. The number of thiol groups is 1. The molecule has 0 radical (unpaired) electrons. The Morgan fingerprint density at radius 2 is 1.91 bits per heavy atom. The van der Waals surface area contributed by atoms with Crippen LogP contribution in [0.4, 0.5) is 11.8 Å². The monoisotopic (exact) mass is 691 g/mol. The van der Waals surface area contributed by atoms with Crippen molar-refractivity contribution in [1.29, 1.82) is 0 Å². The first-order chi connectivity index (χ1) is 21.0. The first kappa shape index (κ1) is 31.3. The van der Waals surface area contributed by atoms with E-state index in [2.05, 4.69) is 42.2 Å². The lowest BCUT2D eigenvalue weighted by molar-refractivity contribution is -0.0534. The molecule has 9 atom stereocenters. The first-order valence-electron chi connectivity index (χ1n) is 12.7. The molecule has 2 fully saturated rings. The number of aliphatic hydroxyl groups is 2. The normalized spacial score (nSPS) is 29.0. The van der Waals surface area contributed by atoms with Gasteiger partial charge in [0, 0.05) is 6.42 Å². The van der Waals surface area contributed by atoms with Gasteiger partial charge >= 0.3 is 13.9 Å². The molecule has 4 aromatic heterocycles. The maximum absolute atomic E-state index is 12.3. The zero-order valence-corrected chi connectivity index (χ0v) is 25.6. The minimum absolute atomic E-state index is 0.00638. The summed E-state index contributed by atoms with van der Waals surface area (Å²) in [5, 5.41) is 20.6. The van der Waals surface area contributed by atoms with Gasteiger partial charge in [0.2, 0.25) is 5.95 Å². The predicted octanol–water partition coefficient (Wildman–Crippen LogP) is -0.747. The highest BCUT2D eigenvalue weighted by atomic mass is 32.7. The summed E-state index contributed by atoms with van der Waals surface area (Å²) >= 11 is 9.08. The van der Waals surface area contributed by atoms with Gasteiger partial charge in [0.05, 0.1) is 25.9 Å². The van der Waals surface area contributed by atoms with E-state index in [0.29, 0.717) is 11.2 Å². The second kappa shape index (κ2) is 12.2. The van der Waals surface area contributed by atoms with Gasteiger partial charge in [0.15, 0.2) is 28.9 Å². The Bertz CT molecular complexity index is 1820. The van der Waals surface area contributed by atoms with Gasteiger partial charge in [-0.15, -0.1) is 4.52 Å². The van der Waals surface area contributed by atoms with Crippen LogP contribution >= 0.6 is 26.2 Å². The van der Waals surface area contributed by atoms with E-state index < -0.39 is 75.7 Å². The van der Waals surface area contributed by atoms with Crippen molar-refractivity contribution in [3.05, 3.63) is 29.3 Å². The van der Waals surface area contributed by atoms with E-state index in [4.69, 9.17) is 46.3 Å². The number of aromatic amines is 1. The van der Waals surface area contributed by atoms with E-state index in [-0.39, 0.29) is 29.4 Å². The molecule has 0 bridgehead atoms. The summed E-state index contributed by atoms with van der Waals surface area (Å²) in [6.07, 6.45) is -3.72. The highest BCUT2D eigenvalue weighted by Gasteiger charge is 2.49. The van der Waals surface area contributed by atoms with Crippen molar-refractivity contribution in [2.45, 2.75) is 49.4 Å². The largest absolute Gasteiger partial charge is 0.582 e. The number of imidazole rings is 2. The molecule has 2 saturated heterocycles. The summed E-state index contributed by atoms with van der Waals surface area (Å²) in [5.74, 6) is -0.0330. The van der Waals surface area contributed by atoms with Crippen LogP contribution in [0.5, 0.6) is 0 Å². The van der Waals surface area contributed by atoms with Gasteiger partial charge in [-0.25, -0.2) is 19.9 Å². The third-order valence-electron chi connectivity index (χ3n) is 6.98. The number of nitrogens with two attached hydrogens (primary N) is 2. The van der Waals surface area contributed by atoms with Crippen LogP contribution in [0.3, 0.4) is 0 Å². The molecule has 2 aliphatic heterocycles. The standard InChI is InChI=1S/C20H24N10O10P2S2/c21-15-11-16(24-4-23-15)29(5-25-11)10-1-7(39-41(34)43)9(37-10)3-36-42(35,44)40-14-13(32)8(2-31)38-19(14)30-6-26-12-17(30)27-20(22)28-18(12)33/h4-10,13-14,19,31-32H,1-3H2,(H6-,21,22,23,24,27,28,33,34,35,43,44)/p+1/t7-,8-,9-,10-,13?,14+,19-,42?/m1/s1. The van der Waals surface area contributed by atoms with E-state index in [0.717, 1.165) is 0 Å². The fourth-order valence-corrected chi connectivity index (χ4v) is 7.25. The lowest BCUT2D eigenvalue weighted by Crippen LogP contribution is -2.35. The number of ether oxygens (including phenoxy) is 2. The van der Waals surface area contributed by atoms with Crippen molar-refractivity contribution in [2.24, 2.45) is 0 Å². The van der Waals surface area contributed by atoms with E-state index in [9.17, 15) is 24.5 Å². The molecular formula is C20H25N10O10P2S2+. The topological polar surface area (TPSA) is 283 Å². The van der Waals surface area contributed by atoms with Gasteiger partial charge in [-0.3, -0.25) is 23.4 Å². The van der Waals surface area contributed by atoms with Crippen LogP contribution in [0, 0.1) is 0 Å². The highest BCUT2D eigenvalue weighted by Crippen LogP contribution is 2.51. The lowest BCUT2D eigenvalue weighted by Gasteiger charge is -2.27. The Balaban J connectivity index is 1.20. The maximum atomic E-state index is 12.3. The maximum Gasteiger partial charge on any atom is 0.582 e. The van der Waals surface area contributed by atoms with Crippen LogP contribution < -0.4 is 17.0 Å². The molecule has 24 heteroatoms. The average molecular weight is 692 g/mol. The van der Waals surface area contributed by atoms with Crippen molar-refractivity contribution in [2.75, 3.05) is 24.7 Å². The zero-order chi connectivity index (χ0) is 31.3. The Morgan fingerprint density at radius 1 is 1.16 bits per heavy atom. The van der Waals surface area contributed by atoms with E-state index >= 15 is 0 Å².